The predicted molar refractivity (Wildman–Crippen MR) is 81.1 cm³/mol. The second-order valence-corrected chi connectivity index (χ2v) is 6.18. The Morgan fingerprint density at radius 2 is 2.00 bits per heavy atom. The van der Waals surface area contributed by atoms with E-state index in [-0.39, 0.29) is 6.10 Å². The third-order valence-electron chi connectivity index (χ3n) is 2.77. The molecule has 2 nitrogen and oxygen atoms in total. The lowest BCUT2D eigenvalue weighted by atomic mass is 10.2. The zero-order valence-corrected chi connectivity index (χ0v) is 12.3. The molecule has 1 heterocycles. The van der Waals surface area contributed by atoms with Crippen LogP contribution >= 0.6 is 23.4 Å². The van der Waals surface area contributed by atoms with Gasteiger partial charge in [0.25, 0.3) is 0 Å². The lowest BCUT2D eigenvalue weighted by Gasteiger charge is -2.24. The van der Waals surface area contributed by atoms with Gasteiger partial charge >= 0.3 is 0 Å². The van der Waals surface area contributed by atoms with Crippen LogP contribution in [0, 0.1) is 0 Å². The number of hydrogen-bond acceptors (Lipinski definition) is 3. The summed E-state index contributed by atoms with van der Waals surface area (Å²) in [6.45, 7) is 4.06. The van der Waals surface area contributed by atoms with Crippen LogP contribution in [0.4, 0.5) is 11.4 Å². The van der Waals surface area contributed by atoms with Crippen LogP contribution in [0.25, 0.3) is 0 Å². The molecule has 0 amide bonds. The van der Waals surface area contributed by atoms with Gasteiger partial charge in [0.2, 0.25) is 0 Å². The van der Waals surface area contributed by atoms with Crippen LogP contribution < -0.4 is 10.1 Å². The lowest BCUT2D eigenvalue weighted by Crippen LogP contribution is -2.09. The van der Waals surface area contributed by atoms with Crippen LogP contribution in [0.1, 0.15) is 13.8 Å². The first-order valence-electron chi connectivity index (χ1n) is 6.17. The van der Waals surface area contributed by atoms with Crippen molar-refractivity contribution in [2.45, 2.75) is 29.7 Å². The average molecular weight is 292 g/mol. The highest BCUT2D eigenvalue weighted by atomic mass is 35.5. The Kier molecular flexibility index (Phi) is 3.33. The molecule has 2 aromatic carbocycles. The number of benzene rings is 2. The van der Waals surface area contributed by atoms with Crippen molar-refractivity contribution in [3.8, 4) is 5.75 Å². The number of fused-ring (bicyclic) bond motifs is 2. The van der Waals surface area contributed by atoms with E-state index in [2.05, 4.69) is 11.4 Å². The van der Waals surface area contributed by atoms with Gasteiger partial charge in [-0.25, -0.2) is 0 Å². The minimum Gasteiger partial charge on any atom is -0.489 e. The first-order chi connectivity index (χ1) is 9.13. The molecule has 0 aliphatic carbocycles. The fourth-order valence-corrected chi connectivity index (χ4v) is 3.18. The Labute approximate surface area is 122 Å². The lowest BCUT2D eigenvalue weighted by molar-refractivity contribution is 0.243. The van der Waals surface area contributed by atoms with E-state index in [1.807, 2.05) is 44.2 Å². The normalized spacial score (nSPS) is 12.6. The number of anilines is 2. The van der Waals surface area contributed by atoms with Crippen LogP contribution in [-0.2, 0) is 0 Å². The molecule has 0 bridgehead atoms. The van der Waals surface area contributed by atoms with Gasteiger partial charge in [-0.1, -0.05) is 29.4 Å². The fraction of sp³-hybridized carbons (Fsp3) is 0.200. The monoisotopic (exact) mass is 291 g/mol. The molecule has 0 aromatic heterocycles. The van der Waals surface area contributed by atoms with Crippen LogP contribution in [0.3, 0.4) is 0 Å². The van der Waals surface area contributed by atoms with E-state index in [1.165, 1.54) is 9.79 Å². The zero-order chi connectivity index (χ0) is 13.4. The Bertz CT molecular complexity index is 628. The molecule has 1 N–H and O–H groups in total. The number of rotatable bonds is 2. The molecule has 2 aromatic rings. The molecule has 0 spiro atoms. The second kappa shape index (κ2) is 4.99. The zero-order valence-electron chi connectivity index (χ0n) is 10.7. The van der Waals surface area contributed by atoms with Crippen molar-refractivity contribution < 1.29 is 4.74 Å². The molecule has 0 fully saturated rings. The first kappa shape index (κ1) is 12.7. The van der Waals surface area contributed by atoms with E-state index >= 15 is 0 Å². The standard InChI is InChI=1S/C15H14ClNOS/c1-9(2)18-12-4-3-5-14-15(12)17-11-8-10(16)6-7-13(11)19-14/h3-9,17H,1-2H3. The third kappa shape index (κ3) is 2.53. The average Bonchev–Trinajstić information content (AvgIpc) is 2.36. The number of para-hydroxylation sites is 1. The Morgan fingerprint density at radius 3 is 2.79 bits per heavy atom. The first-order valence-corrected chi connectivity index (χ1v) is 7.37. The molecule has 0 unspecified atom stereocenters. The molecule has 0 radical (unpaired) electrons. The summed E-state index contributed by atoms with van der Waals surface area (Å²) < 4.78 is 5.85. The maximum Gasteiger partial charge on any atom is 0.144 e. The maximum absolute atomic E-state index is 6.05. The topological polar surface area (TPSA) is 21.3 Å². The molecular weight excluding hydrogens is 278 g/mol. The quantitative estimate of drug-likeness (QED) is 0.689. The summed E-state index contributed by atoms with van der Waals surface area (Å²) in [6.07, 6.45) is 0.152. The summed E-state index contributed by atoms with van der Waals surface area (Å²) in [5.74, 6) is 0.880. The highest BCUT2D eigenvalue weighted by molar-refractivity contribution is 7.99. The number of nitrogens with one attached hydrogen (secondary N) is 1. The molecular formula is C15H14ClNOS. The van der Waals surface area contributed by atoms with Crippen molar-refractivity contribution in [2.24, 2.45) is 0 Å². The Hall–Kier alpha value is -1.32. The minimum atomic E-state index is 0.152. The van der Waals surface area contributed by atoms with E-state index in [9.17, 15) is 0 Å². The second-order valence-electron chi connectivity index (χ2n) is 4.66. The number of halogens is 1. The molecule has 1 aliphatic heterocycles. The van der Waals surface area contributed by atoms with Crippen molar-refractivity contribution in [2.75, 3.05) is 5.32 Å². The van der Waals surface area contributed by atoms with Crippen molar-refractivity contribution in [1.29, 1.82) is 0 Å². The van der Waals surface area contributed by atoms with Crippen molar-refractivity contribution >= 4 is 34.7 Å². The Morgan fingerprint density at radius 1 is 1.16 bits per heavy atom. The summed E-state index contributed by atoms with van der Waals surface area (Å²) in [5.41, 5.74) is 2.06. The molecule has 19 heavy (non-hydrogen) atoms. The van der Waals surface area contributed by atoms with Gasteiger partial charge in [-0.05, 0) is 44.2 Å². The minimum absolute atomic E-state index is 0.152. The fourth-order valence-electron chi connectivity index (χ4n) is 2.01. The molecule has 1 aliphatic rings. The molecule has 3 rings (SSSR count). The van der Waals surface area contributed by atoms with Crippen LogP contribution in [0.2, 0.25) is 5.02 Å². The van der Waals surface area contributed by atoms with Gasteiger partial charge in [-0.3, -0.25) is 0 Å². The van der Waals surface area contributed by atoms with Gasteiger partial charge in [0, 0.05) is 14.8 Å². The molecule has 0 saturated carbocycles. The summed E-state index contributed by atoms with van der Waals surface area (Å²) in [4.78, 5) is 2.35. The molecule has 98 valence electrons. The van der Waals surface area contributed by atoms with Crippen molar-refractivity contribution in [3.63, 3.8) is 0 Å². The van der Waals surface area contributed by atoms with Crippen LogP contribution in [-0.4, -0.2) is 6.10 Å². The van der Waals surface area contributed by atoms with E-state index in [4.69, 9.17) is 16.3 Å². The molecule has 0 atom stereocenters. The Balaban J connectivity index is 2.02. The largest absolute Gasteiger partial charge is 0.489 e. The van der Waals surface area contributed by atoms with Gasteiger partial charge in [0.05, 0.1) is 17.5 Å². The summed E-state index contributed by atoms with van der Waals surface area (Å²) in [5, 5.41) is 4.16. The maximum atomic E-state index is 6.05. The van der Waals surface area contributed by atoms with E-state index < -0.39 is 0 Å². The van der Waals surface area contributed by atoms with Gasteiger partial charge in [0.1, 0.15) is 5.75 Å². The highest BCUT2D eigenvalue weighted by Crippen LogP contribution is 2.48. The SMILES string of the molecule is CC(C)Oc1cccc2c1Nc1cc(Cl)ccc1S2. The van der Waals surface area contributed by atoms with E-state index in [0.717, 1.165) is 22.1 Å². The molecule has 0 saturated heterocycles. The molecule has 4 heteroatoms. The van der Waals surface area contributed by atoms with E-state index in [0.29, 0.717) is 0 Å². The third-order valence-corrected chi connectivity index (χ3v) is 4.14. The number of hydrogen-bond donors (Lipinski definition) is 1. The smallest absolute Gasteiger partial charge is 0.144 e. The van der Waals surface area contributed by atoms with Gasteiger partial charge in [-0.2, -0.15) is 0 Å². The van der Waals surface area contributed by atoms with E-state index in [1.54, 1.807) is 11.8 Å². The summed E-state index contributed by atoms with van der Waals surface area (Å²) in [7, 11) is 0. The van der Waals surface area contributed by atoms with Gasteiger partial charge in [0.15, 0.2) is 0 Å². The predicted octanol–water partition coefficient (Wildman–Crippen LogP) is 5.34. The van der Waals surface area contributed by atoms with Crippen LogP contribution in [0.5, 0.6) is 5.75 Å². The van der Waals surface area contributed by atoms with Crippen LogP contribution in [0.15, 0.2) is 46.2 Å². The van der Waals surface area contributed by atoms with Crippen molar-refractivity contribution in [1.82, 2.24) is 0 Å². The highest BCUT2D eigenvalue weighted by Gasteiger charge is 2.19. The summed E-state index contributed by atoms with van der Waals surface area (Å²) in [6, 6.07) is 12.0. The number of ether oxygens (including phenoxy) is 1. The van der Waals surface area contributed by atoms with Crippen molar-refractivity contribution in [3.05, 3.63) is 41.4 Å². The van der Waals surface area contributed by atoms with Gasteiger partial charge < -0.3 is 10.1 Å². The van der Waals surface area contributed by atoms with Gasteiger partial charge in [-0.15, -0.1) is 0 Å². The summed E-state index contributed by atoms with van der Waals surface area (Å²) >= 11 is 7.78.